The number of carbonyl (C=O) groups is 1. The van der Waals surface area contributed by atoms with Crippen molar-refractivity contribution in [1.29, 1.82) is 0 Å². The second-order valence-electron chi connectivity index (χ2n) is 5.48. The Kier molecular flexibility index (Phi) is 3.85. The van der Waals surface area contributed by atoms with Crippen LogP contribution in [0.4, 0.5) is 11.6 Å². The van der Waals surface area contributed by atoms with Crippen LogP contribution in [0.3, 0.4) is 0 Å². The molecule has 1 unspecified atom stereocenters. The summed E-state index contributed by atoms with van der Waals surface area (Å²) in [5.41, 5.74) is 1.84. The predicted octanol–water partition coefficient (Wildman–Crippen LogP) is 2.96. The number of allylic oxidation sites excluding steroid dienone is 1. The maximum absolute atomic E-state index is 13.0. The van der Waals surface area contributed by atoms with Crippen molar-refractivity contribution in [3.05, 3.63) is 64.2 Å². The number of aromatic nitrogens is 4. The minimum absolute atomic E-state index is 0.255. The molecule has 3 aromatic rings. The van der Waals surface area contributed by atoms with Crippen molar-refractivity contribution in [3.8, 4) is 0 Å². The first-order valence-electron chi connectivity index (χ1n) is 7.51. The van der Waals surface area contributed by atoms with Crippen molar-refractivity contribution in [2.75, 3.05) is 10.6 Å². The van der Waals surface area contributed by atoms with Gasteiger partial charge in [-0.1, -0.05) is 23.3 Å². The maximum atomic E-state index is 13.0. The van der Waals surface area contributed by atoms with Gasteiger partial charge in [0.25, 0.3) is 5.91 Å². The molecule has 0 radical (unpaired) electrons. The fourth-order valence-electron chi connectivity index (χ4n) is 2.76. The molecular formula is C16H13BrN6O2. The number of rotatable bonds is 3. The van der Waals surface area contributed by atoms with Crippen LogP contribution in [-0.2, 0) is 4.79 Å². The van der Waals surface area contributed by atoms with E-state index in [1.807, 2.05) is 37.3 Å². The van der Waals surface area contributed by atoms with Crippen LogP contribution in [-0.4, -0.2) is 26.1 Å². The largest absolute Gasteiger partial charge is 0.452 e. The van der Waals surface area contributed by atoms with E-state index in [0.717, 1.165) is 0 Å². The average Bonchev–Trinajstić information content (AvgIpc) is 3.23. The molecule has 126 valence electrons. The van der Waals surface area contributed by atoms with E-state index < -0.39 is 6.04 Å². The number of fused-ring (bicyclic) bond motifs is 1. The summed E-state index contributed by atoms with van der Waals surface area (Å²) in [7, 11) is 0. The van der Waals surface area contributed by atoms with Gasteiger partial charge in [-0.05, 0) is 57.5 Å². The Morgan fingerprint density at radius 3 is 2.80 bits per heavy atom. The van der Waals surface area contributed by atoms with Gasteiger partial charge in [-0.25, -0.2) is 0 Å². The van der Waals surface area contributed by atoms with Gasteiger partial charge in [-0.3, -0.25) is 4.79 Å². The van der Waals surface area contributed by atoms with E-state index in [2.05, 4.69) is 42.1 Å². The van der Waals surface area contributed by atoms with E-state index in [1.54, 1.807) is 12.1 Å². The third-order valence-corrected chi connectivity index (χ3v) is 4.28. The molecule has 0 aliphatic carbocycles. The summed E-state index contributed by atoms with van der Waals surface area (Å²) in [6.07, 6.45) is 0. The Balaban J connectivity index is 1.76. The molecule has 0 spiro atoms. The van der Waals surface area contributed by atoms with Crippen molar-refractivity contribution < 1.29 is 9.21 Å². The lowest BCUT2D eigenvalue weighted by Crippen LogP contribution is -2.31. The smallest absolute Gasteiger partial charge is 0.256 e. The van der Waals surface area contributed by atoms with Gasteiger partial charge in [0.15, 0.2) is 4.67 Å². The van der Waals surface area contributed by atoms with Crippen LogP contribution in [0.1, 0.15) is 18.7 Å². The molecule has 25 heavy (non-hydrogen) atoms. The van der Waals surface area contributed by atoms with E-state index in [9.17, 15) is 4.79 Å². The molecule has 8 nitrogen and oxygen atoms in total. The molecule has 9 heteroatoms. The number of tetrazole rings is 1. The third-order valence-electron chi connectivity index (χ3n) is 3.85. The first-order valence-corrected chi connectivity index (χ1v) is 8.30. The molecule has 1 aliphatic rings. The second kappa shape index (κ2) is 6.17. The Morgan fingerprint density at radius 2 is 2.08 bits per heavy atom. The molecule has 0 saturated carbocycles. The van der Waals surface area contributed by atoms with Crippen LogP contribution in [0, 0.1) is 0 Å². The molecule has 1 atom stereocenters. The van der Waals surface area contributed by atoms with Crippen molar-refractivity contribution in [2.24, 2.45) is 0 Å². The van der Waals surface area contributed by atoms with E-state index in [-0.39, 0.29) is 5.91 Å². The topological polar surface area (TPSA) is 97.9 Å². The monoisotopic (exact) mass is 400 g/mol. The standard InChI is InChI=1S/C16H13BrN6O2/c1-9-13(15(24)19-10-5-3-2-4-6-10)14(11-7-8-12(17)25-11)23-16(18-9)20-21-22-23/h2-8,14H,1H3,(H,19,24)(H,18,20,22). The van der Waals surface area contributed by atoms with Gasteiger partial charge in [0.2, 0.25) is 5.95 Å². The van der Waals surface area contributed by atoms with Crippen LogP contribution in [0.2, 0.25) is 0 Å². The molecule has 0 saturated heterocycles. The van der Waals surface area contributed by atoms with Gasteiger partial charge >= 0.3 is 0 Å². The number of hydrogen-bond acceptors (Lipinski definition) is 6. The van der Waals surface area contributed by atoms with Crippen LogP contribution in [0.5, 0.6) is 0 Å². The van der Waals surface area contributed by atoms with Gasteiger partial charge in [-0.2, -0.15) is 4.68 Å². The number of halogens is 1. The SMILES string of the molecule is CC1=C(C(=O)Nc2ccccc2)C(c2ccc(Br)o2)n2nnnc2N1. The summed E-state index contributed by atoms with van der Waals surface area (Å²) < 4.78 is 7.78. The molecule has 1 aliphatic heterocycles. The molecule has 1 aromatic carbocycles. The third kappa shape index (κ3) is 2.82. The number of anilines is 2. The van der Waals surface area contributed by atoms with Crippen molar-refractivity contribution in [1.82, 2.24) is 20.2 Å². The second-order valence-corrected chi connectivity index (χ2v) is 6.26. The molecule has 1 amide bonds. The first kappa shape index (κ1) is 15.6. The molecule has 0 fully saturated rings. The van der Waals surface area contributed by atoms with Gasteiger partial charge in [-0.15, -0.1) is 0 Å². The Bertz CT molecular complexity index is 962. The molecule has 2 N–H and O–H groups in total. The minimum atomic E-state index is -0.568. The normalized spacial score (nSPS) is 16.3. The van der Waals surface area contributed by atoms with Crippen LogP contribution >= 0.6 is 15.9 Å². The fraction of sp³-hybridized carbons (Fsp3) is 0.125. The zero-order chi connectivity index (χ0) is 17.4. The van der Waals surface area contributed by atoms with Gasteiger partial charge in [0.1, 0.15) is 11.8 Å². The maximum Gasteiger partial charge on any atom is 0.256 e. The lowest BCUT2D eigenvalue weighted by molar-refractivity contribution is -0.113. The van der Waals surface area contributed by atoms with Crippen molar-refractivity contribution >= 4 is 33.5 Å². The lowest BCUT2D eigenvalue weighted by atomic mass is 10.00. The first-order chi connectivity index (χ1) is 12.1. The molecule has 4 rings (SSSR count). The number of amides is 1. The molecule has 2 aromatic heterocycles. The van der Waals surface area contributed by atoms with E-state index in [1.165, 1.54) is 4.68 Å². The number of furan rings is 1. The van der Waals surface area contributed by atoms with Crippen molar-refractivity contribution in [3.63, 3.8) is 0 Å². The van der Waals surface area contributed by atoms with E-state index in [0.29, 0.717) is 33.3 Å². The number of benzene rings is 1. The molecular weight excluding hydrogens is 388 g/mol. The van der Waals surface area contributed by atoms with Gasteiger partial charge in [0.05, 0.1) is 5.57 Å². The zero-order valence-corrected chi connectivity index (χ0v) is 14.7. The van der Waals surface area contributed by atoms with Crippen LogP contribution < -0.4 is 10.6 Å². The Morgan fingerprint density at radius 1 is 1.28 bits per heavy atom. The summed E-state index contributed by atoms with van der Waals surface area (Å²) in [6.45, 7) is 1.81. The highest BCUT2D eigenvalue weighted by atomic mass is 79.9. The zero-order valence-electron chi connectivity index (χ0n) is 13.1. The number of nitrogens with zero attached hydrogens (tertiary/aromatic N) is 4. The van der Waals surface area contributed by atoms with Crippen LogP contribution in [0.25, 0.3) is 0 Å². The highest BCUT2D eigenvalue weighted by molar-refractivity contribution is 9.10. The number of carbonyl (C=O) groups excluding carboxylic acids is 1. The number of nitrogens with one attached hydrogen (secondary N) is 2. The van der Waals surface area contributed by atoms with Crippen molar-refractivity contribution in [2.45, 2.75) is 13.0 Å². The molecule has 3 heterocycles. The average molecular weight is 401 g/mol. The Labute approximate surface area is 151 Å². The lowest BCUT2D eigenvalue weighted by Gasteiger charge is -2.26. The molecule has 0 bridgehead atoms. The van der Waals surface area contributed by atoms with Gasteiger partial charge < -0.3 is 15.1 Å². The number of hydrogen-bond donors (Lipinski definition) is 2. The minimum Gasteiger partial charge on any atom is -0.452 e. The van der Waals surface area contributed by atoms with Gasteiger partial charge in [0, 0.05) is 11.4 Å². The number of para-hydroxylation sites is 1. The highest BCUT2D eigenvalue weighted by Gasteiger charge is 2.36. The predicted molar refractivity (Wildman–Crippen MR) is 93.8 cm³/mol. The quantitative estimate of drug-likeness (QED) is 0.701. The summed E-state index contributed by atoms with van der Waals surface area (Å²) in [5.74, 6) is 0.751. The van der Waals surface area contributed by atoms with Crippen LogP contribution in [0.15, 0.2) is 62.8 Å². The fourth-order valence-corrected chi connectivity index (χ4v) is 3.08. The highest BCUT2D eigenvalue weighted by Crippen LogP contribution is 2.36. The van der Waals surface area contributed by atoms with E-state index in [4.69, 9.17) is 4.42 Å². The summed E-state index contributed by atoms with van der Waals surface area (Å²) >= 11 is 3.30. The summed E-state index contributed by atoms with van der Waals surface area (Å²) in [4.78, 5) is 13.0. The van der Waals surface area contributed by atoms with E-state index >= 15 is 0 Å². The summed E-state index contributed by atoms with van der Waals surface area (Å²) in [6, 6.07) is 12.2. The Hall–Kier alpha value is -2.94. The summed E-state index contributed by atoms with van der Waals surface area (Å²) in [5, 5.41) is 17.6.